The van der Waals surface area contributed by atoms with Crippen molar-refractivity contribution in [1.29, 1.82) is 0 Å². The minimum absolute atomic E-state index is 0.155. The lowest BCUT2D eigenvalue weighted by molar-refractivity contribution is -0.135. The number of aryl methyl sites for hydroxylation is 1. The highest BCUT2D eigenvalue weighted by Gasteiger charge is 2.26. The minimum atomic E-state index is -1.01. The number of hydrogen-bond donors (Lipinski definition) is 1. The van der Waals surface area contributed by atoms with Crippen molar-refractivity contribution in [3.63, 3.8) is 0 Å². The summed E-state index contributed by atoms with van der Waals surface area (Å²) in [6.45, 7) is 3.38. The topological polar surface area (TPSA) is 79.3 Å². The van der Waals surface area contributed by atoms with Gasteiger partial charge in [-0.3, -0.25) is 9.69 Å². The number of nitrogens with zero attached hydrogens (tertiary/aromatic N) is 2. The number of rotatable bonds is 4. The number of carbonyl (C=O) groups excluding carboxylic acids is 1. The number of piperidine rings is 1. The van der Waals surface area contributed by atoms with Gasteiger partial charge in [-0.1, -0.05) is 18.2 Å². The van der Waals surface area contributed by atoms with Crippen LogP contribution in [-0.2, 0) is 17.8 Å². The Labute approximate surface area is 207 Å². The first-order valence-electron chi connectivity index (χ1n) is 12.7. The number of fused-ring (bicyclic) bond motifs is 3. The fourth-order valence-electron chi connectivity index (χ4n) is 5.19. The van der Waals surface area contributed by atoms with E-state index in [0.29, 0.717) is 37.9 Å². The molecule has 0 saturated carbocycles. The van der Waals surface area contributed by atoms with Crippen LogP contribution in [0.15, 0.2) is 42.5 Å². The van der Waals surface area contributed by atoms with Gasteiger partial charge in [-0.05, 0) is 80.5 Å². The number of benzene rings is 2. The quantitative estimate of drug-likeness (QED) is 0.700. The summed E-state index contributed by atoms with van der Waals surface area (Å²) in [5.74, 6) is 0.465. The zero-order valence-corrected chi connectivity index (χ0v) is 20.6. The molecule has 2 aromatic carbocycles. The summed E-state index contributed by atoms with van der Waals surface area (Å²) in [6, 6.07) is 13.9. The molecule has 2 aromatic rings. The second-order valence-electron chi connectivity index (χ2n) is 9.49. The van der Waals surface area contributed by atoms with E-state index in [1.54, 1.807) is 12.1 Å². The van der Waals surface area contributed by atoms with Crippen LogP contribution < -0.4 is 9.47 Å². The Morgan fingerprint density at radius 2 is 1.94 bits per heavy atom. The van der Waals surface area contributed by atoms with Crippen molar-refractivity contribution in [2.45, 2.75) is 57.5 Å². The molecule has 1 amide bonds. The summed E-state index contributed by atoms with van der Waals surface area (Å²) in [5, 5.41) is 9.54. The SMILES string of the molecule is COc1ccc(CN2CCCC(=O)N3CCCCC3CCc3cccc(c3)OCC2)cc1C(=O)O. The van der Waals surface area contributed by atoms with Crippen molar-refractivity contribution in [3.8, 4) is 11.5 Å². The van der Waals surface area contributed by atoms with Crippen LogP contribution in [0.5, 0.6) is 11.5 Å². The van der Waals surface area contributed by atoms with Crippen LogP contribution in [0.4, 0.5) is 0 Å². The van der Waals surface area contributed by atoms with Crippen LogP contribution >= 0.6 is 0 Å². The molecule has 7 heteroatoms. The normalized spacial score (nSPS) is 20.2. The molecule has 2 aliphatic heterocycles. The zero-order chi connectivity index (χ0) is 24.6. The number of carboxylic acid groups (broad SMARTS) is 1. The highest BCUT2D eigenvalue weighted by molar-refractivity contribution is 5.91. The number of hydrogen-bond acceptors (Lipinski definition) is 5. The van der Waals surface area contributed by atoms with Crippen molar-refractivity contribution in [3.05, 3.63) is 59.2 Å². The molecular weight excluding hydrogens is 444 g/mol. The summed E-state index contributed by atoms with van der Waals surface area (Å²) < 4.78 is 11.3. The molecule has 2 heterocycles. The smallest absolute Gasteiger partial charge is 0.339 e. The van der Waals surface area contributed by atoms with E-state index < -0.39 is 5.97 Å². The fraction of sp³-hybridized carbons (Fsp3) is 0.500. The van der Waals surface area contributed by atoms with E-state index in [9.17, 15) is 14.7 Å². The molecule has 1 N–H and O–H groups in total. The molecule has 1 fully saturated rings. The molecule has 0 aromatic heterocycles. The van der Waals surface area contributed by atoms with E-state index in [2.05, 4.69) is 21.9 Å². The summed E-state index contributed by atoms with van der Waals surface area (Å²) in [5.41, 5.74) is 2.29. The summed E-state index contributed by atoms with van der Waals surface area (Å²) in [4.78, 5) is 29.1. The van der Waals surface area contributed by atoms with Crippen molar-refractivity contribution in [2.75, 3.05) is 33.4 Å². The number of amides is 1. The fourth-order valence-corrected chi connectivity index (χ4v) is 5.19. The number of aromatic carboxylic acids is 1. The van der Waals surface area contributed by atoms with Crippen LogP contribution in [0, 0.1) is 0 Å². The third kappa shape index (κ3) is 6.75. The molecule has 0 radical (unpaired) electrons. The number of carboxylic acids is 1. The van der Waals surface area contributed by atoms with Crippen LogP contribution in [0.25, 0.3) is 0 Å². The van der Waals surface area contributed by atoms with E-state index in [1.165, 1.54) is 19.1 Å². The molecule has 1 atom stereocenters. The maximum atomic E-state index is 13.1. The molecule has 4 rings (SSSR count). The predicted molar refractivity (Wildman–Crippen MR) is 134 cm³/mol. The third-order valence-electron chi connectivity index (χ3n) is 7.05. The standard InChI is InChI=1S/C28H36N2O5/c1-34-26-13-11-22(19-25(26)28(32)33)20-29-14-5-9-27(31)30-15-3-2-7-23(30)12-10-21-6-4-8-24(18-21)35-17-16-29/h4,6,8,11,13,18-19,23H,2-3,5,7,9-10,12,14-17,20H2,1H3,(H,32,33). The van der Waals surface area contributed by atoms with Gasteiger partial charge in [0.1, 0.15) is 23.7 Å². The van der Waals surface area contributed by atoms with Gasteiger partial charge in [0.2, 0.25) is 5.91 Å². The molecule has 35 heavy (non-hydrogen) atoms. The first-order chi connectivity index (χ1) is 17.0. The lowest BCUT2D eigenvalue weighted by atomic mass is 9.95. The summed E-state index contributed by atoms with van der Waals surface area (Å²) >= 11 is 0. The second-order valence-corrected chi connectivity index (χ2v) is 9.49. The van der Waals surface area contributed by atoms with Crippen LogP contribution in [0.1, 0.15) is 60.0 Å². The number of carbonyl (C=O) groups is 2. The van der Waals surface area contributed by atoms with E-state index in [0.717, 1.165) is 56.5 Å². The second kappa shape index (κ2) is 12.1. The molecular formula is C28H36N2O5. The lowest BCUT2D eigenvalue weighted by Crippen LogP contribution is -2.44. The van der Waals surface area contributed by atoms with Gasteiger partial charge in [0.25, 0.3) is 0 Å². The van der Waals surface area contributed by atoms with E-state index in [-0.39, 0.29) is 11.5 Å². The molecule has 2 bridgehead atoms. The van der Waals surface area contributed by atoms with E-state index in [1.807, 2.05) is 18.2 Å². The summed E-state index contributed by atoms with van der Waals surface area (Å²) in [7, 11) is 1.47. The molecule has 7 nitrogen and oxygen atoms in total. The Kier molecular flexibility index (Phi) is 8.64. The molecule has 1 unspecified atom stereocenters. The van der Waals surface area contributed by atoms with Gasteiger partial charge >= 0.3 is 5.97 Å². The van der Waals surface area contributed by atoms with Gasteiger partial charge in [0, 0.05) is 32.1 Å². The van der Waals surface area contributed by atoms with Gasteiger partial charge in [-0.2, -0.15) is 0 Å². The van der Waals surface area contributed by atoms with Crippen molar-refractivity contribution >= 4 is 11.9 Å². The van der Waals surface area contributed by atoms with Crippen molar-refractivity contribution in [2.24, 2.45) is 0 Å². The molecule has 188 valence electrons. The van der Waals surface area contributed by atoms with Gasteiger partial charge in [0.15, 0.2) is 0 Å². The highest BCUT2D eigenvalue weighted by atomic mass is 16.5. The third-order valence-corrected chi connectivity index (χ3v) is 7.05. The Bertz CT molecular complexity index is 1020. The lowest BCUT2D eigenvalue weighted by Gasteiger charge is -2.36. The van der Waals surface area contributed by atoms with Gasteiger partial charge < -0.3 is 19.5 Å². The Morgan fingerprint density at radius 3 is 2.77 bits per heavy atom. The maximum absolute atomic E-state index is 13.1. The van der Waals surface area contributed by atoms with Gasteiger partial charge in [0.05, 0.1) is 7.11 Å². The molecule has 1 saturated heterocycles. The van der Waals surface area contributed by atoms with Crippen molar-refractivity contribution in [1.82, 2.24) is 9.80 Å². The largest absolute Gasteiger partial charge is 0.496 e. The molecule has 2 aliphatic rings. The van der Waals surface area contributed by atoms with E-state index in [4.69, 9.17) is 9.47 Å². The Morgan fingerprint density at radius 1 is 1.06 bits per heavy atom. The van der Waals surface area contributed by atoms with Crippen molar-refractivity contribution < 1.29 is 24.2 Å². The van der Waals surface area contributed by atoms with Crippen LogP contribution in [-0.4, -0.2) is 66.2 Å². The molecule has 0 spiro atoms. The zero-order valence-electron chi connectivity index (χ0n) is 20.6. The van der Waals surface area contributed by atoms with Crippen LogP contribution in [0.3, 0.4) is 0 Å². The number of methoxy groups -OCH3 is 1. The first-order valence-corrected chi connectivity index (χ1v) is 12.7. The monoisotopic (exact) mass is 480 g/mol. The maximum Gasteiger partial charge on any atom is 0.339 e. The number of ether oxygens (including phenoxy) is 2. The van der Waals surface area contributed by atoms with Gasteiger partial charge in [-0.15, -0.1) is 0 Å². The predicted octanol–water partition coefficient (Wildman–Crippen LogP) is 4.38. The Balaban J connectivity index is 1.50. The first kappa shape index (κ1) is 25.0. The minimum Gasteiger partial charge on any atom is -0.496 e. The van der Waals surface area contributed by atoms with Gasteiger partial charge in [-0.25, -0.2) is 4.79 Å². The molecule has 0 aliphatic carbocycles. The van der Waals surface area contributed by atoms with Crippen LogP contribution in [0.2, 0.25) is 0 Å². The highest BCUT2D eigenvalue weighted by Crippen LogP contribution is 2.25. The Hall–Kier alpha value is -3.06. The average molecular weight is 481 g/mol. The van der Waals surface area contributed by atoms with E-state index >= 15 is 0 Å². The average Bonchev–Trinajstić information content (AvgIpc) is 2.87. The summed E-state index contributed by atoms with van der Waals surface area (Å²) in [6.07, 6.45) is 6.58.